The molecule has 172 valence electrons. The number of carbonyl (C=O) groups excluding carboxylic acids is 3. The van der Waals surface area contributed by atoms with Gasteiger partial charge in [-0.15, -0.1) is 0 Å². The number of hydrogen-bond donors (Lipinski definition) is 5. The second-order valence-electron chi connectivity index (χ2n) is 7.38. The molecule has 0 aliphatic carbocycles. The van der Waals surface area contributed by atoms with E-state index in [1.165, 1.54) is 11.9 Å². The van der Waals surface area contributed by atoms with Crippen molar-refractivity contribution in [2.75, 3.05) is 39.5 Å². The lowest BCUT2D eigenvalue weighted by Gasteiger charge is -2.28. The van der Waals surface area contributed by atoms with E-state index >= 15 is 0 Å². The summed E-state index contributed by atoms with van der Waals surface area (Å²) < 4.78 is 24.2. The van der Waals surface area contributed by atoms with Gasteiger partial charge in [0.15, 0.2) is 0 Å². The molecule has 0 radical (unpaired) electrons. The van der Waals surface area contributed by atoms with Crippen LogP contribution in [0.25, 0.3) is 0 Å². The van der Waals surface area contributed by atoms with E-state index in [1.807, 2.05) is 4.72 Å². The van der Waals surface area contributed by atoms with Gasteiger partial charge in [0.25, 0.3) is 0 Å². The summed E-state index contributed by atoms with van der Waals surface area (Å²) in [6.45, 7) is 2.36. The molecule has 1 heterocycles. The van der Waals surface area contributed by atoms with Crippen molar-refractivity contribution in [3.05, 3.63) is 0 Å². The van der Waals surface area contributed by atoms with Crippen molar-refractivity contribution < 1.29 is 32.7 Å². The van der Waals surface area contributed by atoms with Crippen molar-refractivity contribution in [2.45, 2.75) is 38.3 Å². The molecule has 0 saturated carbocycles. The van der Waals surface area contributed by atoms with Gasteiger partial charge in [0.1, 0.15) is 12.1 Å². The number of hydrogen-bond acceptors (Lipinski definition) is 7. The topological polar surface area (TPSA) is 174 Å². The van der Waals surface area contributed by atoms with E-state index in [0.717, 1.165) is 32.2 Å². The molecule has 1 fully saturated rings. The molecule has 1 aliphatic heterocycles. The predicted molar refractivity (Wildman–Crippen MR) is 108 cm³/mol. The molecule has 5 N–H and O–H groups in total. The average molecular weight is 450 g/mol. The Balaban J connectivity index is 2.42. The summed E-state index contributed by atoms with van der Waals surface area (Å²) in [6, 6.07) is -2.32. The van der Waals surface area contributed by atoms with Gasteiger partial charge in [-0.25, -0.2) is 8.42 Å². The van der Waals surface area contributed by atoms with Crippen LogP contribution in [0.5, 0.6) is 0 Å². The summed E-state index contributed by atoms with van der Waals surface area (Å²) in [5.74, 6) is -2.54. The van der Waals surface area contributed by atoms with Crippen molar-refractivity contribution in [3.63, 3.8) is 0 Å². The fraction of sp³-hybridized carbons (Fsp3) is 0.765. The lowest BCUT2D eigenvalue weighted by molar-refractivity contribution is -0.139. The van der Waals surface area contributed by atoms with Crippen molar-refractivity contribution in [2.24, 2.45) is 5.92 Å². The molecule has 2 atom stereocenters. The van der Waals surface area contributed by atoms with Crippen LogP contribution in [0.4, 0.5) is 0 Å². The predicted octanol–water partition coefficient (Wildman–Crippen LogP) is -2.54. The summed E-state index contributed by atoms with van der Waals surface area (Å²) in [4.78, 5) is 48.8. The SMILES string of the molecule is CC(C(=O)NCC(=O)NCC(NS(C)(=O)=O)C(=O)O)N(C)C(=O)CC1CCNCC1. The third kappa shape index (κ3) is 9.50. The van der Waals surface area contributed by atoms with Crippen LogP contribution in [0.1, 0.15) is 26.2 Å². The Kier molecular flexibility index (Phi) is 10.2. The zero-order valence-corrected chi connectivity index (χ0v) is 18.3. The highest BCUT2D eigenvalue weighted by atomic mass is 32.2. The minimum Gasteiger partial charge on any atom is -0.480 e. The number of piperidine rings is 1. The van der Waals surface area contributed by atoms with Crippen LogP contribution < -0.4 is 20.7 Å². The Morgan fingerprint density at radius 3 is 2.30 bits per heavy atom. The summed E-state index contributed by atoms with van der Waals surface area (Å²) in [7, 11) is -2.24. The monoisotopic (exact) mass is 449 g/mol. The fourth-order valence-electron chi connectivity index (χ4n) is 2.90. The van der Waals surface area contributed by atoms with E-state index in [4.69, 9.17) is 5.11 Å². The van der Waals surface area contributed by atoms with Crippen molar-refractivity contribution in [3.8, 4) is 0 Å². The van der Waals surface area contributed by atoms with E-state index in [1.54, 1.807) is 6.92 Å². The first-order chi connectivity index (χ1) is 13.9. The highest BCUT2D eigenvalue weighted by Gasteiger charge is 2.26. The molecule has 30 heavy (non-hydrogen) atoms. The molecule has 13 heteroatoms. The van der Waals surface area contributed by atoms with Crippen LogP contribution in [-0.2, 0) is 29.2 Å². The molecular formula is C17H31N5O7S. The number of carbonyl (C=O) groups is 4. The van der Waals surface area contributed by atoms with Gasteiger partial charge in [-0.3, -0.25) is 19.2 Å². The van der Waals surface area contributed by atoms with E-state index in [2.05, 4.69) is 16.0 Å². The number of nitrogens with one attached hydrogen (secondary N) is 4. The number of sulfonamides is 1. The van der Waals surface area contributed by atoms with Gasteiger partial charge in [0, 0.05) is 20.0 Å². The largest absolute Gasteiger partial charge is 0.480 e. The summed E-state index contributed by atoms with van der Waals surface area (Å²) in [5.41, 5.74) is 0. The van der Waals surface area contributed by atoms with Gasteiger partial charge in [0.05, 0.1) is 12.8 Å². The molecule has 1 rings (SSSR count). The molecule has 3 amide bonds. The standard InChI is InChI=1S/C17H31N5O7S/c1-11(22(2)15(24)8-12-4-6-18-7-5-12)16(25)20-10-14(23)19-9-13(17(26)27)21-30(3,28)29/h11-13,18,21H,4-10H2,1-3H3,(H,19,23)(H,20,25)(H,26,27). The van der Waals surface area contributed by atoms with Gasteiger partial charge < -0.3 is 26.0 Å². The van der Waals surface area contributed by atoms with Gasteiger partial charge in [0.2, 0.25) is 27.7 Å². The average Bonchev–Trinajstić information content (AvgIpc) is 2.67. The number of carboxylic acid groups (broad SMARTS) is 1. The van der Waals surface area contributed by atoms with Crippen LogP contribution in [0.15, 0.2) is 0 Å². The minimum absolute atomic E-state index is 0.148. The molecule has 0 aromatic heterocycles. The first kappa shape index (κ1) is 25.8. The highest BCUT2D eigenvalue weighted by Crippen LogP contribution is 2.17. The summed E-state index contributed by atoms with van der Waals surface area (Å²) in [6.07, 6.45) is 2.98. The number of aliphatic carboxylic acids is 1. The first-order valence-electron chi connectivity index (χ1n) is 9.61. The van der Waals surface area contributed by atoms with Gasteiger partial charge in [-0.1, -0.05) is 0 Å². The van der Waals surface area contributed by atoms with Crippen LogP contribution in [0.2, 0.25) is 0 Å². The molecule has 12 nitrogen and oxygen atoms in total. The van der Waals surface area contributed by atoms with Gasteiger partial charge in [-0.2, -0.15) is 4.72 Å². The number of nitrogens with zero attached hydrogens (tertiary/aromatic N) is 1. The van der Waals surface area contributed by atoms with E-state index < -0.39 is 53.0 Å². The molecule has 1 aliphatic rings. The summed E-state index contributed by atoms with van der Waals surface area (Å²) >= 11 is 0. The van der Waals surface area contributed by atoms with Gasteiger partial charge in [-0.05, 0) is 38.8 Å². The molecule has 0 bridgehead atoms. The van der Waals surface area contributed by atoms with E-state index in [0.29, 0.717) is 6.42 Å². The Hall–Kier alpha value is -2.25. The van der Waals surface area contributed by atoms with Crippen molar-refractivity contribution in [1.82, 2.24) is 25.6 Å². The van der Waals surface area contributed by atoms with Crippen LogP contribution >= 0.6 is 0 Å². The maximum absolute atomic E-state index is 12.4. The lowest BCUT2D eigenvalue weighted by atomic mass is 9.94. The van der Waals surface area contributed by atoms with E-state index in [9.17, 15) is 27.6 Å². The molecular weight excluding hydrogens is 418 g/mol. The number of likely N-dealkylation sites (N-methyl/N-ethyl adjacent to an activating group) is 1. The van der Waals surface area contributed by atoms with Crippen molar-refractivity contribution >= 4 is 33.7 Å². The smallest absolute Gasteiger partial charge is 0.323 e. The second-order valence-corrected chi connectivity index (χ2v) is 9.16. The van der Waals surface area contributed by atoms with Crippen LogP contribution in [-0.4, -0.2) is 93.7 Å². The molecule has 2 unspecified atom stereocenters. The maximum atomic E-state index is 12.4. The Bertz CT molecular complexity index is 737. The van der Waals surface area contributed by atoms with E-state index in [-0.39, 0.29) is 11.8 Å². The number of amides is 3. The minimum atomic E-state index is -3.77. The Morgan fingerprint density at radius 1 is 1.17 bits per heavy atom. The van der Waals surface area contributed by atoms with Crippen LogP contribution in [0, 0.1) is 5.92 Å². The fourth-order valence-corrected chi connectivity index (χ4v) is 3.60. The normalized spacial score (nSPS) is 16.9. The Labute approximate surface area is 176 Å². The first-order valence-corrected chi connectivity index (χ1v) is 11.5. The molecule has 0 aromatic rings. The van der Waals surface area contributed by atoms with Crippen LogP contribution in [0.3, 0.4) is 0 Å². The zero-order valence-electron chi connectivity index (χ0n) is 17.4. The molecule has 0 spiro atoms. The molecule has 0 aromatic carbocycles. The lowest BCUT2D eigenvalue weighted by Crippen LogP contribution is -2.51. The quantitative estimate of drug-likeness (QED) is 0.229. The summed E-state index contributed by atoms with van der Waals surface area (Å²) in [5, 5.41) is 16.8. The number of carboxylic acids is 1. The Morgan fingerprint density at radius 2 is 1.77 bits per heavy atom. The second kappa shape index (κ2) is 11.8. The maximum Gasteiger partial charge on any atom is 0.323 e. The number of rotatable bonds is 11. The zero-order chi connectivity index (χ0) is 22.9. The highest BCUT2D eigenvalue weighted by molar-refractivity contribution is 7.88. The molecule has 1 saturated heterocycles. The third-order valence-corrected chi connectivity index (χ3v) is 5.57. The van der Waals surface area contributed by atoms with Gasteiger partial charge >= 0.3 is 5.97 Å². The third-order valence-electron chi connectivity index (χ3n) is 4.86. The van der Waals surface area contributed by atoms with Crippen molar-refractivity contribution in [1.29, 1.82) is 0 Å².